The first kappa shape index (κ1) is 14.7. The Labute approximate surface area is 136 Å². The highest BCUT2D eigenvalue weighted by Crippen LogP contribution is 2.39. The molecule has 0 saturated carbocycles. The molecule has 1 aliphatic rings. The lowest BCUT2D eigenvalue weighted by atomic mass is 10.2. The molecule has 0 aliphatic carbocycles. The molecule has 0 aromatic heterocycles. The van der Waals surface area contributed by atoms with E-state index >= 15 is 0 Å². The van der Waals surface area contributed by atoms with Crippen molar-refractivity contribution in [2.75, 3.05) is 6.79 Å². The molecule has 0 radical (unpaired) electrons. The summed E-state index contributed by atoms with van der Waals surface area (Å²) in [5.41, 5.74) is 3.43. The van der Waals surface area contributed by atoms with Gasteiger partial charge >= 0.3 is 0 Å². The minimum absolute atomic E-state index is 0.138. The van der Waals surface area contributed by atoms with Crippen molar-refractivity contribution in [3.05, 3.63) is 57.6 Å². The Morgan fingerprint density at radius 3 is 2.82 bits per heavy atom. The number of halogens is 2. The van der Waals surface area contributed by atoms with Crippen molar-refractivity contribution in [1.29, 1.82) is 0 Å². The molecule has 1 N–H and O–H groups in total. The molecule has 1 aliphatic heterocycles. The van der Waals surface area contributed by atoms with Crippen molar-refractivity contribution in [1.82, 2.24) is 5.43 Å². The number of nitrogens with one attached hydrogen (secondary N) is 1. The Hall–Kier alpha value is -2.24. The van der Waals surface area contributed by atoms with E-state index in [1.807, 2.05) is 0 Å². The average Bonchev–Trinajstić information content (AvgIpc) is 2.96. The number of carbonyl (C=O) groups is 1. The van der Waals surface area contributed by atoms with Crippen LogP contribution in [0.2, 0.25) is 10.0 Å². The fourth-order valence-electron chi connectivity index (χ4n) is 1.93. The Balaban J connectivity index is 1.72. The van der Waals surface area contributed by atoms with Crippen molar-refractivity contribution in [3.63, 3.8) is 0 Å². The molecule has 5 nitrogen and oxygen atoms in total. The molecule has 0 spiro atoms. The summed E-state index contributed by atoms with van der Waals surface area (Å²) in [6.07, 6.45) is 1.46. The highest BCUT2D eigenvalue weighted by molar-refractivity contribution is 6.34. The van der Waals surface area contributed by atoms with Crippen LogP contribution in [0.25, 0.3) is 0 Å². The van der Waals surface area contributed by atoms with Gasteiger partial charge in [-0.05, 0) is 29.8 Å². The van der Waals surface area contributed by atoms with E-state index in [1.165, 1.54) is 6.21 Å². The number of ether oxygens (including phenoxy) is 2. The molecule has 3 rings (SSSR count). The molecular weight excluding hydrogens is 327 g/mol. The first-order valence-electron chi connectivity index (χ1n) is 6.32. The predicted molar refractivity (Wildman–Crippen MR) is 84.1 cm³/mol. The Bertz CT molecular complexity index is 762. The van der Waals surface area contributed by atoms with E-state index < -0.39 is 5.91 Å². The fraction of sp³-hybridized carbons (Fsp3) is 0.0667. The minimum atomic E-state index is -0.395. The lowest BCUT2D eigenvalue weighted by molar-refractivity contribution is 0.0955. The van der Waals surface area contributed by atoms with Gasteiger partial charge in [0.15, 0.2) is 11.5 Å². The highest BCUT2D eigenvalue weighted by atomic mass is 35.5. The van der Waals surface area contributed by atoms with Gasteiger partial charge in [0.1, 0.15) is 0 Å². The number of hydrogen-bond donors (Lipinski definition) is 1. The molecule has 1 amide bonds. The van der Waals surface area contributed by atoms with E-state index in [0.717, 1.165) is 0 Å². The molecule has 2 aromatic carbocycles. The summed E-state index contributed by atoms with van der Waals surface area (Å²) < 4.78 is 10.5. The second-order valence-electron chi connectivity index (χ2n) is 4.42. The summed E-state index contributed by atoms with van der Waals surface area (Å²) in [4.78, 5) is 11.9. The van der Waals surface area contributed by atoms with E-state index in [4.69, 9.17) is 32.7 Å². The monoisotopic (exact) mass is 336 g/mol. The van der Waals surface area contributed by atoms with Gasteiger partial charge in [-0.2, -0.15) is 5.10 Å². The van der Waals surface area contributed by atoms with E-state index in [-0.39, 0.29) is 6.79 Å². The SMILES string of the molecule is O=C(N/N=C\c1cc(Cl)c2c(c1)OCO2)c1ccccc1Cl. The molecule has 0 fully saturated rings. The van der Waals surface area contributed by atoms with Crippen LogP contribution in [0, 0.1) is 0 Å². The standard InChI is InChI=1S/C15H10Cl2N2O3/c16-11-4-2-1-3-10(11)15(20)19-18-7-9-5-12(17)14-13(6-9)21-8-22-14/h1-7H,8H2,(H,19,20)/b18-7-. The first-order valence-corrected chi connectivity index (χ1v) is 7.08. The molecule has 22 heavy (non-hydrogen) atoms. The Kier molecular flexibility index (Phi) is 4.18. The third-order valence-corrected chi connectivity index (χ3v) is 3.56. The van der Waals surface area contributed by atoms with E-state index in [1.54, 1.807) is 36.4 Å². The second-order valence-corrected chi connectivity index (χ2v) is 5.23. The second kappa shape index (κ2) is 6.25. The summed E-state index contributed by atoms with van der Waals surface area (Å²) in [5, 5.41) is 4.67. The molecule has 0 atom stereocenters. The zero-order valence-corrected chi connectivity index (χ0v) is 12.7. The van der Waals surface area contributed by atoms with Crippen LogP contribution in [-0.4, -0.2) is 18.9 Å². The highest BCUT2D eigenvalue weighted by Gasteiger charge is 2.17. The van der Waals surface area contributed by atoms with Crippen LogP contribution in [0.15, 0.2) is 41.5 Å². The molecule has 2 aromatic rings. The van der Waals surface area contributed by atoms with Crippen molar-refractivity contribution in [2.24, 2.45) is 5.10 Å². The maximum absolute atomic E-state index is 11.9. The lowest BCUT2D eigenvalue weighted by Gasteiger charge is -2.02. The van der Waals surface area contributed by atoms with E-state index in [9.17, 15) is 4.79 Å². The van der Waals surface area contributed by atoms with Crippen LogP contribution in [0.1, 0.15) is 15.9 Å². The summed E-state index contributed by atoms with van der Waals surface area (Å²) >= 11 is 12.0. The van der Waals surface area contributed by atoms with Crippen molar-refractivity contribution < 1.29 is 14.3 Å². The Morgan fingerprint density at radius 2 is 2.00 bits per heavy atom. The lowest BCUT2D eigenvalue weighted by Crippen LogP contribution is -2.17. The van der Waals surface area contributed by atoms with Gasteiger partial charge in [0, 0.05) is 0 Å². The number of hydrogen-bond acceptors (Lipinski definition) is 4. The molecule has 1 heterocycles. The van der Waals surface area contributed by atoms with Crippen LogP contribution in [-0.2, 0) is 0 Å². The number of hydrazone groups is 1. The maximum atomic E-state index is 11.9. The summed E-state index contributed by atoms with van der Waals surface area (Å²) in [6, 6.07) is 10.1. The number of nitrogens with zero attached hydrogens (tertiary/aromatic N) is 1. The van der Waals surface area contributed by atoms with E-state index in [2.05, 4.69) is 10.5 Å². The van der Waals surface area contributed by atoms with Crippen LogP contribution in [0.3, 0.4) is 0 Å². The van der Waals surface area contributed by atoms with Gasteiger partial charge in [-0.15, -0.1) is 0 Å². The summed E-state index contributed by atoms with van der Waals surface area (Å²) in [7, 11) is 0. The number of amides is 1. The number of carbonyl (C=O) groups excluding carboxylic acids is 1. The number of fused-ring (bicyclic) bond motifs is 1. The maximum Gasteiger partial charge on any atom is 0.272 e. The Morgan fingerprint density at radius 1 is 1.18 bits per heavy atom. The van der Waals surface area contributed by atoms with Crippen LogP contribution >= 0.6 is 23.2 Å². The van der Waals surface area contributed by atoms with Crippen LogP contribution < -0.4 is 14.9 Å². The van der Waals surface area contributed by atoms with Gasteiger partial charge < -0.3 is 9.47 Å². The zero-order valence-electron chi connectivity index (χ0n) is 11.2. The van der Waals surface area contributed by atoms with E-state index in [0.29, 0.717) is 32.7 Å². The van der Waals surface area contributed by atoms with Crippen LogP contribution in [0.5, 0.6) is 11.5 Å². The van der Waals surface area contributed by atoms with Gasteiger partial charge in [-0.1, -0.05) is 35.3 Å². The smallest absolute Gasteiger partial charge is 0.272 e. The molecular formula is C15H10Cl2N2O3. The van der Waals surface area contributed by atoms with Crippen molar-refractivity contribution >= 4 is 35.3 Å². The van der Waals surface area contributed by atoms with Crippen molar-refractivity contribution in [3.8, 4) is 11.5 Å². The van der Waals surface area contributed by atoms with Gasteiger partial charge in [0.05, 0.1) is 21.8 Å². The minimum Gasteiger partial charge on any atom is -0.454 e. The molecule has 7 heteroatoms. The molecule has 0 saturated heterocycles. The first-order chi connectivity index (χ1) is 10.6. The molecule has 112 valence electrons. The number of benzene rings is 2. The van der Waals surface area contributed by atoms with Gasteiger partial charge in [-0.25, -0.2) is 5.43 Å². The predicted octanol–water partition coefficient (Wildman–Crippen LogP) is 3.49. The topological polar surface area (TPSA) is 59.9 Å². The largest absolute Gasteiger partial charge is 0.454 e. The third-order valence-electron chi connectivity index (χ3n) is 2.95. The quantitative estimate of drug-likeness (QED) is 0.689. The van der Waals surface area contributed by atoms with Gasteiger partial charge in [0.25, 0.3) is 5.91 Å². The zero-order chi connectivity index (χ0) is 15.5. The summed E-state index contributed by atoms with van der Waals surface area (Å²) in [6.45, 7) is 0.138. The molecule has 0 bridgehead atoms. The number of rotatable bonds is 3. The molecule has 0 unspecified atom stereocenters. The summed E-state index contributed by atoms with van der Waals surface area (Å²) in [5.74, 6) is 0.666. The fourth-order valence-corrected chi connectivity index (χ4v) is 2.43. The van der Waals surface area contributed by atoms with Crippen LogP contribution in [0.4, 0.5) is 0 Å². The van der Waals surface area contributed by atoms with Gasteiger partial charge in [0.2, 0.25) is 6.79 Å². The van der Waals surface area contributed by atoms with Gasteiger partial charge in [-0.3, -0.25) is 4.79 Å². The average molecular weight is 337 g/mol. The normalized spacial score (nSPS) is 12.6. The third kappa shape index (κ3) is 3.00. The van der Waals surface area contributed by atoms with Crippen molar-refractivity contribution in [2.45, 2.75) is 0 Å².